The Bertz CT molecular complexity index is 657. The second kappa shape index (κ2) is 4.49. The van der Waals surface area contributed by atoms with Crippen molar-refractivity contribution in [2.45, 2.75) is 58.5 Å². The molecule has 1 aromatic carbocycles. The minimum atomic E-state index is -1.38. The lowest BCUT2D eigenvalue weighted by atomic mass is 9.82. The maximum Gasteiger partial charge on any atom is 0.235 e. The van der Waals surface area contributed by atoms with Gasteiger partial charge in [-0.15, -0.1) is 0 Å². The number of hydrogen-bond donors (Lipinski definition) is 0. The van der Waals surface area contributed by atoms with E-state index in [9.17, 15) is 9.59 Å². The summed E-state index contributed by atoms with van der Waals surface area (Å²) < 4.78 is 12.1. The summed E-state index contributed by atoms with van der Waals surface area (Å²) in [6, 6.07) is 6.91. The van der Waals surface area contributed by atoms with E-state index in [1.54, 1.807) is 38.1 Å². The summed E-state index contributed by atoms with van der Waals surface area (Å²) in [5, 5.41) is 0. The Morgan fingerprint density at radius 2 is 1.64 bits per heavy atom. The van der Waals surface area contributed by atoms with Gasteiger partial charge in [0.25, 0.3) is 0 Å². The standard InChI is InChI=1S/C18H22O4/c1-11-17(5)14(19)12-8-6-7-9-13(12)15(20)18(21-11,22-17)10-16(2,3)4/h6-9,11H,10H2,1-5H3/t11-,17+,18+/m0/s1. The summed E-state index contributed by atoms with van der Waals surface area (Å²) in [6.07, 6.45) is -0.0694. The summed E-state index contributed by atoms with van der Waals surface area (Å²) in [5.74, 6) is -1.81. The number of carbonyl (C=O) groups is 2. The Morgan fingerprint density at radius 1 is 1.09 bits per heavy atom. The summed E-state index contributed by atoms with van der Waals surface area (Å²) in [7, 11) is 0. The van der Waals surface area contributed by atoms with Crippen molar-refractivity contribution in [2.75, 3.05) is 0 Å². The molecule has 2 heterocycles. The number of benzene rings is 1. The molecular weight excluding hydrogens is 280 g/mol. The van der Waals surface area contributed by atoms with Gasteiger partial charge >= 0.3 is 0 Å². The topological polar surface area (TPSA) is 52.6 Å². The molecule has 0 aromatic heterocycles. The van der Waals surface area contributed by atoms with Gasteiger partial charge in [-0.1, -0.05) is 45.0 Å². The van der Waals surface area contributed by atoms with E-state index in [4.69, 9.17) is 9.47 Å². The van der Waals surface area contributed by atoms with Crippen molar-refractivity contribution in [1.82, 2.24) is 0 Å². The van der Waals surface area contributed by atoms with Crippen molar-refractivity contribution in [3.8, 4) is 0 Å². The van der Waals surface area contributed by atoms with Crippen molar-refractivity contribution in [2.24, 2.45) is 5.41 Å². The third-order valence-electron chi connectivity index (χ3n) is 4.50. The smallest absolute Gasteiger partial charge is 0.235 e. The highest BCUT2D eigenvalue weighted by atomic mass is 16.8. The van der Waals surface area contributed by atoms with Crippen LogP contribution >= 0.6 is 0 Å². The van der Waals surface area contributed by atoms with Crippen LogP contribution in [0.15, 0.2) is 24.3 Å². The van der Waals surface area contributed by atoms with E-state index in [1.807, 2.05) is 20.8 Å². The van der Waals surface area contributed by atoms with Crippen LogP contribution in [-0.2, 0) is 9.47 Å². The Balaban J connectivity index is 2.22. The summed E-state index contributed by atoms with van der Waals surface area (Å²) in [6.45, 7) is 9.60. The second-order valence-corrected chi connectivity index (χ2v) is 7.66. The fourth-order valence-electron chi connectivity index (χ4n) is 3.39. The van der Waals surface area contributed by atoms with Crippen molar-refractivity contribution in [3.63, 3.8) is 0 Å². The molecule has 2 bridgehead atoms. The lowest BCUT2D eigenvalue weighted by molar-refractivity contribution is -0.160. The average molecular weight is 302 g/mol. The van der Waals surface area contributed by atoms with Crippen molar-refractivity contribution < 1.29 is 19.1 Å². The molecule has 2 aliphatic heterocycles. The first-order valence-electron chi connectivity index (χ1n) is 7.66. The van der Waals surface area contributed by atoms with E-state index >= 15 is 0 Å². The molecule has 2 aliphatic rings. The first-order valence-corrected chi connectivity index (χ1v) is 7.66. The van der Waals surface area contributed by atoms with Crippen molar-refractivity contribution in [1.29, 1.82) is 0 Å². The van der Waals surface area contributed by atoms with Crippen LogP contribution in [0.25, 0.3) is 0 Å². The van der Waals surface area contributed by atoms with E-state index in [2.05, 4.69) is 0 Å². The summed E-state index contributed by atoms with van der Waals surface area (Å²) in [5.41, 5.74) is -0.482. The molecule has 4 heteroatoms. The predicted molar refractivity (Wildman–Crippen MR) is 81.9 cm³/mol. The molecule has 1 fully saturated rings. The molecular formula is C18H22O4. The van der Waals surface area contributed by atoms with Gasteiger partial charge in [0.15, 0.2) is 11.4 Å². The Labute approximate surface area is 130 Å². The first kappa shape index (κ1) is 15.4. The van der Waals surface area contributed by atoms with Crippen LogP contribution in [0.4, 0.5) is 0 Å². The van der Waals surface area contributed by atoms with Crippen LogP contribution in [0.1, 0.15) is 61.8 Å². The monoisotopic (exact) mass is 302 g/mol. The third kappa shape index (κ3) is 2.05. The Kier molecular flexibility index (Phi) is 3.14. The lowest BCUT2D eigenvalue weighted by Gasteiger charge is -2.32. The molecule has 0 radical (unpaired) electrons. The zero-order valence-electron chi connectivity index (χ0n) is 13.7. The van der Waals surface area contributed by atoms with Crippen LogP contribution in [0.3, 0.4) is 0 Å². The average Bonchev–Trinajstić information content (AvgIpc) is 2.65. The van der Waals surface area contributed by atoms with E-state index in [1.165, 1.54) is 0 Å². The first-order chi connectivity index (χ1) is 10.1. The molecule has 3 atom stereocenters. The molecule has 4 nitrogen and oxygen atoms in total. The van der Waals surface area contributed by atoms with Crippen LogP contribution < -0.4 is 0 Å². The number of hydrogen-bond acceptors (Lipinski definition) is 4. The maximum atomic E-state index is 13.1. The molecule has 0 N–H and O–H groups in total. The zero-order chi connectivity index (χ0) is 16.3. The number of rotatable bonds is 1. The normalized spacial score (nSPS) is 34.5. The van der Waals surface area contributed by atoms with Gasteiger partial charge in [-0.2, -0.15) is 0 Å². The van der Waals surface area contributed by atoms with E-state index < -0.39 is 17.5 Å². The van der Waals surface area contributed by atoms with Crippen LogP contribution in [0, 0.1) is 5.41 Å². The molecule has 22 heavy (non-hydrogen) atoms. The number of ketones is 2. The SMILES string of the molecule is C[C@@H]1O[C@]2(CC(C)(C)C)O[C@@]1(C)C(=O)c1ccccc1C2=O. The summed E-state index contributed by atoms with van der Waals surface area (Å²) >= 11 is 0. The largest absolute Gasteiger partial charge is 0.337 e. The van der Waals surface area contributed by atoms with Gasteiger partial charge in [0.2, 0.25) is 11.6 Å². The van der Waals surface area contributed by atoms with Gasteiger partial charge in [0.1, 0.15) is 0 Å². The molecule has 0 spiro atoms. The highest BCUT2D eigenvalue weighted by Crippen LogP contribution is 2.48. The highest BCUT2D eigenvalue weighted by Gasteiger charge is 2.63. The van der Waals surface area contributed by atoms with Crippen LogP contribution in [0.5, 0.6) is 0 Å². The van der Waals surface area contributed by atoms with Gasteiger partial charge in [-0.25, -0.2) is 0 Å². The van der Waals surface area contributed by atoms with E-state index in [-0.39, 0.29) is 17.0 Å². The fourth-order valence-corrected chi connectivity index (χ4v) is 3.39. The zero-order valence-corrected chi connectivity index (χ0v) is 13.7. The summed E-state index contributed by atoms with van der Waals surface area (Å²) in [4.78, 5) is 26.0. The third-order valence-corrected chi connectivity index (χ3v) is 4.50. The van der Waals surface area contributed by atoms with Gasteiger partial charge in [0.05, 0.1) is 6.10 Å². The second-order valence-electron chi connectivity index (χ2n) is 7.66. The van der Waals surface area contributed by atoms with Crippen molar-refractivity contribution in [3.05, 3.63) is 35.4 Å². The van der Waals surface area contributed by atoms with E-state index in [0.717, 1.165) is 0 Å². The quantitative estimate of drug-likeness (QED) is 0.798. The molecule has 0 aliphatic carbocycles. The molecule has 0 saturated carbocycles. The molecule has 1 aromatic rings. The van der Waals surface area contributed by atoms with Crippen molar-refractivity contribution >= 4 is 11.6 Å². The maximum absolute atomic E-state index is 13.1. The molecule has 3 rings (SSSR count). The predicted octanol–water partition coefficient (Wildman–Crippen LogP) is 3.39. The minimum Gasteiger partial charge on any atom is -0.337 e. The minimum absolute atomic E-state index is 0.178. The number of ether oxygens (including phenoxy) is 2. The Hall–Kier alpha value is -1.52. The van der Waals surface area contributed by atoms with Crippen LogP contribution in [-0.4, -0.2) is 29.1 Å². The lowest BCUT2D eigenvalue weighted by Crippen LogP contribution is -2.45. The van der Waals surface area contributed by atoms with Gasteiger partial charge in [0, 0.05) is 17.5 Å². The molecule has 0 unspecified atom stereocenters. The molecule has 1 saturated heterocycles. The molecule has 118 valence electrons. The number of Topliss-reactive ketones (excluding diaryl/α,β-unsaturated/α-hetero) is 2. The van der Waals surface area contributed by atoms with Gasteiger partial charge in [-0.3, -0.25) is 9.59 Å². The van der Waals surface area contributed by atoms with Gasteiger partial charge in [-0.05, 0) is 19.3 Å². The number of carbonyl (C=O) groups excluding carboxylic acids is 2. The Morgan fingerprint density at radius 3 is 2.18 bits per heavy atom. The van der Waals surface area contributed by atoms with Gasteiger partial charge < -0.3 is 9.47 Å². The highest BCUT2D eigenvalue weighted by molar-refractivity contribution is 6.16. The fraction of sp³-hybridized carbons (Fsp3) is 0.556. The number of fused-ring (bicyclic) bond motifs is 3. The van der Waals surface area contributed by atoms with Crippen LogP contribution in [0.2, 0.25) is 0 Å². The molecule has 0 amide bonds. The van der Waals surface area contributed by atoms with E-state index in [0.29, 0.717) is 17.5 Å².